The molecule has 2 amide bonds. The Balaban J connectivity index is 1.46. The lowest BCUT2D eigenvalue weighted by molar-refractivity contribution is -0.127. The second-order valence-electron chi connectivity index (χ2n) is 9.80. The maximum Gasteiger partial charge on any atom is 0.392 e. The van der Waals surface area contributed by atoms with Gasteiger partial charge in [-0.05, 0) is 55.7 Å². The van der Waals surface area contributed by atoms with Crippen molar-refractivity contribution >= 4 is 23.1 Å². The first-order chi connectivity index (χ1) is 18.0. The smallest absolute Gasteiger partial charge is 0.378 e. The number of hydrogen-bond donors (Lipinski definition) is 1. The number of hydrogen-bond acceptors (Lipinski definition) is 4. The number of carbonyl (C=O) groups is 1. The number of morpholine rings is 1. The second kappa shape index (κ2) is 9.94. The molecule has 11 heteroatoms. The van der Waals surface area contributed by atoms with Gasteiger partial charge in [0.1, 0.15) is 5.82 Å². The minimum Gasteiger partial charge on any atom is -0.378 e. The number of aromatic nitrogens is 2. The van der Waals surface area contributed by atoms with E-state index in [9.17, 15) is 22.4 Å². The first kappa shape index (κ1) is 26.0. The van der Waals surface area contributed by atoms with E-state index in [4.69, 9.17) is 9.72 Å². The molecule has 0 radical (unpaired) electrons. The number of anilines is 2. The number of aryl methyl sites for hydroxylation is 3. The van der Waals surface area contributed by atoms with Crippen molar-refractivity contribution in [1.29, 1.82) is 0 Å². The zero-order chi connectivity index (χ0) is 27.2. The molecule has 38 heavy (non-hydrogen) atoms. The Morgan fingerprint density at radius 3 is 2.58 bits per heavy atom. The van der Waals surface area contributed by atoms with Gasteiger partial charge in [-0.25, -0.2) is 14.2 Å². The van der Waals surface area contributed by atoms with Crippen molar-refractivity contribution in [1.82, 2.24) is 14.3 Å². The summed E-state index contributed by atoms with van der Waals surface area (Å²) in [6.07, 6.45) is -2.07. The van der Waals surface area contributed by atoms with E-state index in [-0.39, 0.29) is 24.4 Å². The predicted molar refractivity (Wildman–Crippen MR) is 137 cm³/mol. The fourth-order valence-corrected chi connectivity index (χ4v) is 4.97. The Hall–Kier alpha value is -3.60. The standard InChI is InChI=1S/C27H29F4N5O2/c1-16-10-22(28)23(33-26(37)35-5-4-19(14-35)13-27(29,30)31)12-21(16)20-11-24(34-6-8-38-9-7-34)25-32-17(2)18(3)36(25)15-20/h4,10-12,15H,5-9,13-14H2,1-3H3,(H,33,37). The molecule has 0 bridgehead atoms. The number of carbonyl (C=O) groups excluding carboxylic acids is 1. The molecular weight excluding hydrogens is 502 g/mol. The molecule has 1 N–H and O–H groups in total. The monoisotopic (exact) mass is 531 g/mol. The number of pyridine rings is 1. The summed E-state index contributed by atoms with van der Waals surface area (Å²) in [4.78, 5) is 21.0. The van der Waals surface area contributed by atoms with Crippen LogP contribution < -0.4 is 10.2 Å². The molecule has 202 valence electrons. The van der Waals surface area contributed by atoms with Gasteiger partial charge in [0.2, 0.25) is 0 Å². The number of amides is 2. The number of imidazole rings is 1. The molecule has 7 nitrogen and oxygen atoms in total. The highest BCUT2D eigenvalue weighted by atomic mass is 19.4. The molecule has 0 saturated carbocycles. The van der Waals surface area contributed by atoms with E-state index in [1.165, 1.54) is 17.0 Å². The molecule has 4 heterocycles. The molecule has 3 aromatic rings. The Morgan fingerprint density at radius 2 is 1.87 bits per heavy atom. The molecule has 0 unspecified atom stereocenters. The SMILES string of the molecule is Cc1cc(F)c(NC(=O)N2CC=C(CC(F)(F)F)C2)cc1-c1cc(N2CCOCC2)c2nc(C)c(C)n2c1. The van der Waals surface area contributed by atoms with E-state index >= 15 is 0 Å². The highest BCUT2D eigenvalue weighted by Crippen LogP contribution is 2.35. The number of benzene rings is 1. The lowest BCUT2D eigenvalue weighted by atomic mass is 10.00. The van der Waals surface area contributed by atoms with Crippen LogP contribution in [0.25, 0.3) is 16.8 Å². The first-order valence-corrected chi connectivity index (χ1v) is 12.4. The van der Waals surface area contributed by atoms with E-state index in [0.29, 0.717) is 31.9 Å². The summed E-state index contributed by atoms with van der Waals surface area (Å²) in [5, 5.41) is 2.55. The average Bonchev–Trinajstić information content (AvgIpc) is 3.43. The first-order valence-electron chi connectivity index (χ1n) is 12.4. The Kier molecular flexibility index (Phi) is 6.81. The van der Waals surface area contributed by atoms with Gasteiger partial charge in [-0.15, -0.1) is 0 Å². The molecule has 2 aliphatic rings. The van der Waals surface area contributed by atoms with Gasteiger partial charge in [-0.2, -0.15) is 13.2 Å². The van der Waals surface area contributed by atoms with E-state index in [0.717, 1.165) is 33.8 Å². The third-order valence-electron chi connectivity index (χ3n) is 7.10. The largest absolute Gasteiger partial charge is 0.392 e. The van der Waals surface area contributed by atoms with Crippen molar-refractivity contribution in [3.63, 3.8) is 0 Å². The molecule has 0 atom stereocenters. The number of urea groups is 1. The second-order valence-corrected chi connectivity index (χ2v) is 9.80. The third-order valence-corrected chi connectivity index (χ3v) is 7.10. The van der Waals surface area contributed by atoms with Crippen LogP contribution in [0.3, 0.4) is 0 Å². The van der Waals surface area contributed by atoms with Crippen molar-refractivity contribution < 1.29 is 27.1 Å². The van der Waals surface area contributed by atoms with Crippen LogP contribution >= 0.6 is 0 Å². The minimum atomic E-state index is -4.34. The Morgan fingerprint density at radius 1 is 1.13 bits per heavy atom. The molecular formula is C27H29F4N5O2. The van der Waals surface area contributed by atoms with Gasteiger partial charge in [-0.3, -0.25) is 0 Å². The number of nitrogens with one attached hydrogen (secondary N) is 1. The van der Waals surface area contributed by atoms with Gasteiger partial charge in [-0.1, -0.05) is 6.08 Å². The van der Waals surface area contributed by atoms with E-state index in [1.807, 2.05) is 30.5 Å². The number of fused-ring (bicyclic) bond motifs is 1. The maximum atomic E-state index is 15.0. The summed E-state index contributed by atoms with van der Waals surface area (Å²) in [5.41, 5.74) is 5.97. The van der Waals surface area contributed by atoms with Gasteiger partial charge in [0.05, 0.1) is 36.7 Å². The fourth-order valence-electron chi connectivity index (χ4n) is 4.97. The lowest BCUT2D eigenvalue weighted by Gasteiger charge is -2.29. The summed E-state index contributed by atoms with van der Waals surface area (Å²) in [7, 11) is 0. The van der Waals surface area contributed by atoms with Crippen molar-refractivity contribution in [3.8, 4) is 11.1 Å². The molecule has 0 spiro atoms. The number of ether oxygens (including phenoxy) is 1. The number of alkyl halides is 3. The molecule has 5 rings (SSSR count). The highest BCUT2D eigenvalue weighted by Gasteiger charge is 2.32. The van der Waals surface area contributed by atoms with Gasteiger partial charge >= 0.3 is 12.2 Å². The normalized spacial score (nSPS) is 16.3. The van der Waals surface area contributed by atoms with Crippen LogP contribution in [0.4, 0.5) is 33.7 Å². The number of halogens is 4. The topological polar surface area (TPSA) is 62.1 Å². The van der Waals surface area contributed by atoms with Gasteiger partial charge < -0.3 is 24.3 Å². The number of rotatable bonds is 4. The molecule has 1 aromatic carbocycles. The van der Waals surface area contributed by atoms with Crippen LogP contribution in [-0.2, 0) is 4.74 Å². The number of nitrogens with zero attached hydrogens (tertiary/aromatic N) is 4. The summed E-state index contributed by atoms with van der Waals surface area (Å²) in [5.74, 6) is -0.619. The van der Waals surface area contributed by atoms with Crippen LogP contribution in [-0.4, -0.2) is 65.9 Å². The Bertz CT molecular complexity index is 1420. The minimum absolute atomic E-state index is 0.0357. The van der Waals surface area contributed by atoms with Crippen LogP contribution in [0.15, 0.2) is 36.0 Å². The molecule has 2 aliphatic heterocycles. The highest BCUT2D eigenvalue weighted by molar-refractivity contribution is 5.91. The maximum absolute atomic E-state index is 15.0. The van der Waals surface area contributed by atoms with Gasteiger partial charge in [0.15, 0.2) is 5.65 Å². The molecule has 1 saturated heterocycles. The zero-order valence-corrected chi connectivity index (χ0v) is 21.5. The molecule has 1 fully saturated rings. The van der Waals surface area contributed by atoms with E-state index in [2.05, 4.69) is 10.2 Å². The summed E-state index contributed by atoms with van der Waals surface area (Å²) >= 11 is 0. The van der Waals surface area contributed by atoms with E-state index < -0.39 is 24.4 Å². The fraction of sp³-hybridized carbons (Fsp3) is 0.407. The van der Waals surface area contributed by atoms with E-state index in [1.54, 1.807) is 13.0 Å². The summed E-state index contributed by atoms with van der Waals surface area (Å²) < 4.78 is 60.7. The molecule has 2 aromatic heterocycles. The lowest BCUT2D eigenvalue weighted by Crippen LogP contribution is -2.36. The van der Waals surface area contributed by atoms with Crippen molar-refractivity contribution in [2.45, 2.75) is 33.4 Å². The quantitative estimate of drug-likeness (QED) is 0.350. The summed E-state index contributed by atoms with van der Waals surface area (Å²) in [6, 6.07) is 4.29. The van der Waals surface area contributed by atoms with Crippen LogP contribution in [0.5, 0.6) is 0 Å². The van der Waals surface area contributed by atoms with Crippen molar-refractivity contribution in [3.05, 3.63) is 58.8 Å². The average molecular weight is 532 g/mol. The van der Waals surface area contributed by atoms with Gasteiger partial charge in [0.25, 0.3) is 0 Å². The van der Waals surface area contributed by atoms with Crippen LogP contribution in [0, 0.1) is 26.6 Å². The zero-order valence-electron chi connectivity index (χ0n) is 21.5. The van der Waals surface area contributed by atoms with Crippen LogP contribution in [0.1, 0.15) is 23.4 Å². The summed E-state index contributed by atoms with van der Waals surface area (Å²) in [6.45, 7) is 8.27. The molecule has 0 aliphatic carbocycles. The van der Waals surface area contributed by atoms with Gasteiger partial charge in [0, 0.05) is 43.6 Å². The van der Waals surface area contributed by atoms with Crippen molar-refractivity contribution in [2.24, 2.45) is 0 Å². The van der Waals surface area contributed by atoms with Crippen molar-refractivity contribution in [2.75, 3.05) is 49.6 Å². The third kappa shape index (κ3) is 5.20. The Labute approximate surface area is 217 Å². The van der Waals surface area contributed by atoms with Crippen LogP contribution in [0.2, 0.25) is 0 Å². The predicted octanol–water partition coefficient (Wildman–Crippen LogP) is 5.63.